The average molecular weight is 416 g/mol. The lowest BCUT2D eigenvalue weighted by molar-refractivity contribution is -0.142. The molecular formula is C17H25N3O5S2. The Morgan fingerprint density at radius 3 is 2.26 bits per heavy atom. The molecule has 1 aromatic rings. The monoisotopic (exact) mass is 415 g/mol. The van der Waals surface area contributed by atoms with E-state index in [0.717, 1.165) is 0 Å². The molecule has 0 aliphatic carbocycles. The van der Waals surface area contributed by atoms with Crippen LogP contribution < -0.4 is 16.4 Å². The Morgan fingerprint density at radius 1 is 1.15 bits per heavy atom. The summed E-state index contributed by atoms with van der Waals surface area (Å²) in [6.07, 6.45) is 2.22. The number of rotatable bonds is 11. The molecule has 0 aliphatic heterocycles. The fourth-order valence-corrected chi connectivity index (χ4v) is 2.84. The van der Waals surface area contributed by atoms with E-state index in [1.54, 1.807) is 12.1 Å². The van der Waals surface area contributed by atoms with E-state index in [0.29, 0.717) is 11.3 Å². The second-order valence-corrected chi connectivity index (χ2v) is 7.25. The minimum absolute atomic E-state index is 0.0730. The van der Waals surface area contributed by atoms with Crippen molar-refractivity contribution in [3.05, 3.63) is 29.8 Å². The highest BCUT2D eigenvalue weighted by atomic mass is 32.2. The van der Waals surface area contributed by atoms with Crippen LogP contribution in [0.4, 0.5) is 0 Å². The molecule has 0 spiro atoms. The molecule has 6 N–H and O–H groups in total. The van der Waals surface area contributed by atoms with Crippen LogP contribution in [-0.2, 0) is 20.8 Å². The van der Waals surface area contributed by atoms with Gasteiger partial charge in [0.05, 0.1) is 6.04 Å². The average Bonchev–Trinajstić information content (AvgIpc) is 2.64. The third-order valence-corrected chi connectivity index (χ3v) is 4.81. The maximum Gasteiger partial charge on any atom is 0.326 e. The molecule has 0 radical (unpaired) electrons. The first kappa shape index (κ1) is 23.1. The molecular weight excluding hydrogens is 390 g/mol. The molecule has 10 heteroatoms. The Morgan fingerprint density at radius 2 is 1.74 bits per heavy atom. The van der Waals surface area contributed by atoms with Crippen molar-refractivity contribution >= 4 is 42.2 Å². The maximum atomic E-state index is 12.6. The molecule has 27 heavy (non-hydrogen) atoms. The molecule has 3 atom stereocenters. The van der Waals surface area contributed by atoms with E-state index in [2.05, 4.69) is 23.3 Å². The third-order valence-electron chi connectivity index (χ3n) is 3.77. The first-order valence-corrected chi connectivity index (χ1v) is 10.3. The van der Waals surface area contributed by atoms with E-state index in [9.17, 15) is 24.6 Å². The minimum atomic E-state index is -1.14. The van der Waals surface area contributed by atoms with Gasteiger partial charge < -0.3 is 26.6 Å². The van der Waals surface area contributed by atoms with Crippen molar-refractivity contribution in [1.29, 1.82) is 0 Å². The summed E-state index contributed by atoms with van der Waals surface area (Å²) < 4.78 is 0. The number of carboxylic acids is 1. The van der Waals surface area contributed by atoms with Crippen molar-refractivity contribution in [1.82, 2.24) is 10.6 Å². The van der Waals surface area contributed by atoms with Gasteiger partial charge in [0.15, 0.2) is 0 Å². The molecule has 0 aliphatic rings. The number of carboxylic acid groups (broad SMARTS) is 1. The summed E-state index contributed by atoms with van der Waals surface area (Å²) in [6, 6.07) is 3.20. The summed E-state index contributed by atoms with van der Waals surface area (Å²) in [5.74, 6) is -1.57. The summed E-state index contributed by atoms with van der Waals surface area (Å²) in [7, 11) is 0. The molecule has 0 saturated carbocycles. The smallest absolute Gasteiger partial charge is 0.326 e. The van der Waals surface area contributed by atoms with E-state index in [4.69, 9.17) is 5.73 Å². The van der Waals surface area contributed by atoms with Crippen LogP contribution in [0.25, 0.3) is 0 Å². The fourth-order valence-electron chi connectivity index (χ4n) is 2.20. The zero-order chi connectivity index (χ0) is 20.4. The number of amides is 2. The van der Waals surface area contributed by atoms with Crippen LogP contribution in [0.3, 0.4) is 0 Å². The van der Waals surface area contributed by atoms with Crippen molar-refractivity contribution < 1.29 is 24.6 Å². The largest absolute Gasteiger partial charge is 0.508 e. The number of phenolic OH excluding ortho intramolecular Hbond substituents is 1. The van der Waals surface area contributed by atoms with E-state index in [-0.39, 0.29) is 24.3 Å². The van der Waals surface area contributed by atoms with Crippen LogP contribution in [0.2, 0.25) is 0 Å². The second kappa shape index (κ2) is 11.7. The number of phenols is 1. The predicted octanol–water partition coefficient (Wildman–Crippen LogP) is -0.000900. The molecule has 150 valence electrons. The van der Waals surface area contributed by atoms with Gasteiger partial charge in [-0.25, -0.2) is 4.79 Å². The van der Waals surface area contributed by atoms with Crippen LogP contribution >= 0.6 is 24.4 Å². The molecule has 0 aromatic heterocycles. The highest BCUT2D eigenvalue weighted by molar-refractivity contribution is 7.98. The van der Waals surface area contributed by atoms with Gasteiger partial charge in [-0.05, 0) is 36.1 Å². The number of thioether (sulfide) groups is 1. The van der Waals surface area contributed by atoms with Gasteiger partial charge in [-0.3, -0.25) is 9.59 Å². The summed E-state index contributed by atoms with van der Waals surface area (Å²) >= 11 is 5.44. The highest BCUT2D eigenvalue weighted by Crippen LogP contribution is 2.12. The molecule has 0 heterocycles. The van der Waals surface area contributed by atoms with Crippen molar-refractivity contribution in [2.45, 2.75) is 31.0 Å². The lowest BCUT2D eigenvalue weighted by atomic mass is 10.0. The zero-order valence-electron chi connectivity index (χ0n) is 14.9. The van der Waals surface area contributed by atoms with Crippen molar-refractivity contribution in [3.8, 4) is 5.75 Å². The van der Waals surface area contributed by atoms with Crippen LogP contribution in [0.1, 0.15) is 12.0 Å². The summed E-state index contributed by atoms with van der Waals surface area (Å²) in [5.41, 5.74) is 6.33. The molecule has 2 amide bonds. The number of aromatic hydroxyl groups is 1. The number of aliphatic carboxylic acids is 1. The zero-order valence-corrected chi connectivity index (χ0v) is 16.6. The number of carbonyl (C=O) groups excluding carboxylic acids is 2. The van der Waals surface area contributed by atoms with Gasteiger partial charge in [0, 0.05) is 12.2 Å². The summed E-state index contributed by atoms with van der Waals surface area (Å²) in [4.78, 5) is 36.1. The third kappa shape index (κ3) is 8.10. The molecule has 0 saturated heterocycles. The number of thiol groups is 1. The van der Waals surface area contributed by atoms with Gasteiger partial charge >= 0.3 is 5.97 Å². The summed E-state index contributed by atoms with van der Waals surface area (Å²) in [6.45, 7) is 0. The van der Waals surface area contributed by atoms with Crippen LogP contribution in [-0.4, -0.2) is 63.9 Å². The SMILES string of the molecule is CSCC[C@H](NC(=O)[C@H](Cc1ccc(O)cc1)NC(=O)[C@@H](N)CS)C(=O)O. The minimum Gasteiger partial charge on any atom is -0.508 e. The number of benzene rings is 1. The Kier molecular flexibility index (Phi) is 10.0. The van der Waals surface area contributed by atoms with Crippen molar-refractivity contribution in [3.63, 3.8) is 0 Å². The first-order chi connectivity index (χ1) is 12.8. The fraction of sp³-hybridized carbons (Fsp3) is 0.471. The molecule has 0 unspecified atom stereocenters. The Bertz CT molecular complexity index is 642. The van der Waals surface area contributed by atoms with Crippen molar-refractivity contribution in [2.24, 2.45) is 5.73 Å². The van der Waals surface area contributed by atoms with E-state index in [1.165, 1.54) is 23.9 Å². The van der Waals surface area contributed by atoms with Gasteiger partial charge in [0.1, 0.15) is 17.8 Å². The first-order valence-electron chi connectivity index (χ1n) is 8.25. The molecule has 0 fully saturated rings. The van der Waals surface area contributed by atoms with Gasteiger partial charge in [-0.1, -0.05) is 12.1 Å². The van der Waals surface area contributed by atoms with Crippen LogP contribution in [0.15, 0.2) is 24.3 Å². The van der Waals surface area contributed by atoms with E-state index >= 15 is 0 Å². The van der Waals surface area contributed by atoms with E-state index in [1.807, 2.05) is 6.26 Å². The number of hydrogen-bond donors (Lipinski definition) is 6. The standard InChI is InChI=1S/C17H25N3O5S2/c1-27-7-6-13(17(24)25)19-16(23)14(20-15(22)12(18)9-26)8-10-2-4-11(21)5-3-10/h2-5,12-14,21,26H,6-9,18H2,1H3,(H,19,23)(H,20,22)(H,24,25)/t12-,13-,14-/m0/s1. The lowest BCUT2D eigenvalue weighted by Crippen LogP contribution is -2.55. The Hall–Kier alpha value is -1.91. The van der Waals surface area contributed by atoms with Crippen molar-refractivity contribution in [2.75, 3.05) is 17.8 Å². The predicted molar refractivity (Wildman–Crippen MR) is 108 cm³/mol. The molecule has 0 bridgehead atoms. The molecule has 1 aromatic carbocycles. The highest BCUT2D eigenvalue weighted by Gasteiger charge is 2.27. The van der Waals surface area contributed by atoms with Crippen LogP contribution in [0, 0.1) is 0 Å². The van der Waals surface area contributed by atoms with E-state index < -0.39 is 35.9 Å². The quantitative estimate of drug-likeness (QED) is 0.279. The van der Waals surface area contributed by atoms with Gasteiger partial charge in [-0.2, -0.15) is 24.4 Å². The number of nitrogens with two attached hydrogens (primary N) is 1. The van der Waals surface area contributed by atoms with Gasteiger partial charge in [0.25, 0.3) is 0 Å². The summed E-state index contributed by atoms with van der Waals surface area (Å²) in [5, 5.41) is 23.7. The number of carbonyl (C=O) groups is 3. The Balaban J connectivity index is 2.92. The number of nitrogens with one attached hydrogen (secondary N) is 2. The Labute approximate surface area is 167 Å². The topological polar surface area (TPSA) is 142 Å². The number of hydrogen-bond acceptors (Lipinski definition) is 7. The van der Waals surface area contributed by atoms with Crippen LogP contribution in [0.5, 0.6) is 5.75 Å². The molecule has 8 nitrogen and oxygen atoms in total. The van der Waals surface area contributed by atoms with Gasteiger partial charge in [-0.15, -0.1) is 0 Å². The normalized spacial score (nSPS) is 14.0. The van der Waals surface area contributed by atoms with Gasteiger partial charge in [0.2, 0.25) is 11.8 Å². The molecule has 1 rings (SSSR count). The second-order valence-electron chi connectivity index (χ2n) is 5.90. The maximum absolute atomic E-state index is 12.6. The lowest BCUT2D eigenvalue weighted by Gasteiger charge is -2.22.